The highest BCUT2D eigenvalue weighted by atomic mass is 35.5. The molecule has 1 aliphatic heterocycles. The Hall–Kier alpha value is -11.2. The summed E-state index contributed by atoms with van der Waals surface area (Å²) in [6.07, 6.45) is 0.323. The first-order valence-corrected chi connectivity index (χ1v) is 44.8. The molecule has 129 heavy (non-hydrogen) atoms. The number of nitrogens with zero attached hydrogens (tertiary/aromatic N) is 4. The molecule has 4 heterocycles. The Morgan fingerprint density at radius 3 is 1.61 bits per heavy atom. The summed E-state index contributed by atoms with van der Waals surface area (Å²) >= 11 is 5.45. The number of aromatic nitrogens is 4. The van der Waals surface area contributed by atoms with Gasteiger partial charge in [-0.2, -0.15) is 31.4 Å². The van der Waals surface area contributed by atoms with Gasteiger partial charge in [0.05, 0.1) is 36.9 Å². The lowest BCUT2D eigenvalue weighted by Gasteiger charge is -2.18. The van der Waals surface area contributed by atoms with E-state index in [4.69, 9.17) is 17.3 Å². The van der Waals surface area contributed by atoms with E-state index >= 15 is 0 Å². The molecule has 0 bridgehead atoms. The number of aromatic amines is 2. The molecule has 1 atom stereocenters. The summed E-state index contributed by atoms with van der Waals surface area (Å²) in [6, 6.07) is 49.4. The van der Waals surface area contributed by atoms with Crippen LogP contribution in [-0.4, -0.2) is 98.0 Å². The topological polar surface area (TPSA) is 309 Å². The molecule has 1 amide bonds. The first-order valence-electron chi connectivity index (χ1n) is 42.9. The van der Waals surface area contributed by atoms with Crippen molar-refractivity contribution in [2.75, 3.05) is 23.7 Å². The number of nitrogens with one attached hydrogen (secondary N) is 4. The number of para-hydroxylation sites is 3. The van der Waals surface area contributed by atoms with E-state index in [0.29, 0.717) is 79.5 Å². The third-order valence-corrected chi connectivity index (χ3v) is 22.9. The van der Waals surface area contributed by atoms with Crippen LogP contribution in [-0.2, 0) is 70.2 Å². The average Bonchev–Trinajstić information content (AvgIpc) is 1.75. The largest absolute Gasteiger partial charge is 0.417 e. The highest BCUT2D eigenvalue weighted by Crippen LogP contribution is 2.38. The number of nitro benzene ring substituents is 1. The maximum absolute atomic E-state index is 12.5. The fourth-order valence-electron chi connectivity index (χ4n) is 12.1. The van der Waals surface area contributed by atoms with Gasteiger partial charge in [-0.15, -0.1) is 0 Å². The summed E-state index contributed by atoms with van der Waals surface area (Å²) in [6.45, 7) is 44.4. The lowest BCUT2D eigenvalue weighted by atomic mass is 9.85. The molecular weight excluding hydrogens is 1700 g/mol. The molecule has 3 aromatic heterocycles. The van der Waals surface area contributed by atoms with E-state index in [9.17, 15) is 78.4 Å². The van der Waals surface area contributed by atoms with Crippen LogP contribution in [0, 0.1) is 62.9 Å². The van der Waals surface area contributed by atoms with Gasteiger partial charge in [-0.1, -0.05) is 246 Å². The van der Waals surface area contributed by atoms with Gasteiger partial charge in [0.25, 0.3) is 5.69 Å². The van der Waals surface area contributed by atoms with Crippen LogP contribution in [0.2, 0.25) is 5.02 Å². The first kappa shape index (κ1) is 110. The number of hydrogen-bond donors (Lipinski definition) is 5. The highest BCUT2D eigenvalue weighted by molar-refractivity contribution is 7.92. The Kier molecular flexibility index (Phi) is 41.4. The van der Waals surface area contributed by atoms with Crippen molar-refractivity contribution in [1.29, 1.82) is 0 Å². The first-order chi connectivity index (χ1) is 59.5. The van der Waals surface area contributed by atoms with Crippen LogP contribution in [0.5, 0.6) is 0 Å². The van der Waals surface area contributed by atoms with Crippen LogP contribution in [0.3, 0.4) is 0 Å². The van der Waals surface area contributed by atoms with E-state index in [1.165, 1.54) is 66.4 Å². The summed E-state index contributed by atoms with van der Waals surface area (Å²) < 4.78 is 99.6. The molecule has 0 radical (unpaired) electrons. The van der Waals surface area contributed by atoms with Gasteiger partial charge >= 0.3 is 12.4 Å². The van der Waals surface area contributed by atoms with E-state index in [0.717, 1.165) is 89.0 Å². The lowest BCUT2D eigenvalue weighted by molar-refractivity contribution is -0.384. The minimum absolute atomic E-state index is 0.0508. The number of amides is 1. The number of fused-ring (bicyclic) bond motifs is 3. The predicted molar refractivity (Wildman–Crippen MR) is 507 cm³/mol. The average molecular weight is 1830 g/mol. The number of H-pyrrole nitrogens is 2. The number of carbonyl (C=O) groups is 7. The summed E-state index contributed by atoms with van der Waals surface area (Å²) in [5, 5.41) is 21.8. The van der Waals surface area contributed by atoms with Gasteiger partial charge in [-0.05, 0) is 130 Å². The zero-order chi connectivity index (χ0) is 97.7. The lowest BCUT2D eigenvalue weighted by Crippen LogP contribution is -2.25. The molecule has 700 valence electrons. The number of nitro groups is 1. The van der Waals surface area contributed by atoms with Crippen molar-refractivity contribution < 1.29 is 73.2 Å². The third-order valence-electron chi connectivity index (χ3n) is 20.4. The predicted octanol–water partition coefficient (Wildman–Crippen LogP) is 24.8. The van der Waals surface area contributed by atoms with Crippen molar-refractivity contribution in [3.8, 4) is 0 Å². The maximum atomic E-state index is 12.5. The maximum Gasteiger partial charge on any atom is 0.417 e. The molecule has 10 aromatic rings. The molecule has 1 aliphatic rings. The molecule has 28 heteroatoms. The molecule has 0 spiro atoms. The van der Waals surface area contributed by atoms with Gasteiger partial charge in [0.2, 0.25) is 11.9 Å². The van der Waals surface area contributed by atoms with Crippen LogP contribution in [0.4, 0.5) is 43.4 Å². The molecule has 7 aromatic carbocycles. The standard InChI is InChI=1S/C15H21NO.C15H19NO.C14H17NO.C13H22N4O.C12H16O.C11H11ClF3NO.C11H13NO3.C10H11F3O2S/c2*1-15(2,3)14(17)9-8-11-10-16-13-7-5-4-6-12(11)13;1-14(2,3)13(16)8-10-9-15-12-7-5-4-6-11(10)12;1-9(2)12(18)6-5-7-15-13(14)17-11(4)8-10(3)16-17;1-12(2,3)11(13)9-10-7-5-4-6-8-10;1-6(2)10(17)16-7-3-4-9(12)8(5-7)11(13,14)15;1-11(2,3)10(13)8-5-4-6-9(7-8)12(14)15;1-7(2)16(14,15)9-5-3-4-8(6-9)10(11,12)13/h4-7,11,16H,8-10H2,1-3H3;4-7,10,16H,8-9H2,1-3H3;4-7,9,15H,8H2,1-3H3;8-9H,5-7H2,1-4H3,(H2,14,15);4-8H,9H2,1-3H3;3-6H,1-2H3,(H,16,17);4-7H,1-3H3;3-7H,1-2H3. The van der Waals surface area contributed by atoms with Gasteiger partial charge in [0.1, 0.15) is 28.9 Å². The number of hydrogen-bond acceptors (Lipinski definition) is 14. The number of benzene rings is 7. The van der Waals surface area contributed by atoms with Gasteiger partial charge in [0.15, 0.2) is 15.6 Å². The van der Waals surface area contributed by atoms with Crippen LogP contribution in [0.15, 0.2) is 198 Å². The smallest absolute Gasteiger partial charge is 0.384 e. The second-order valence-electron chi connectivity index (χ2n) is 37.6. The fourth-order valence-corrected chi connectivity index (χ4v) is 13.4. The van der Waals surface area contributed by atoms with E-state index in [1.54, 1.807) is 45.4 Å². The highest BCUT2D eigenvalue weighted by Gasteiger charge is 2.35. The van der Waals surface area contributed by atoms with Crippen molar-refractivity contribution in [1.82, 2.24) is 19.7 Å². The molecule has 0 saturated carbocycles. The molecule has 1 unspecified atom stereocenters. The number of anilines is 2. The summed E-state index contributed by atoms with van der Waals surface area (Å²) in [4.78, 5) is 102. The second kappa shape index (κ2) is 48.5. The quantitative estimate of drug-likeness (QED) is 0.00850. The zero-order valence-corrected chi connectivity index (χ0v) is 80.3. The van der Waals surface area contributed by atoms with Crippen molar-refractivity contribution in [3.05, 3.63) is 254 Å². The second-order valence-corrected chi connectivity index (χ2v) is 40.5. The van der Waals surface area contributed by atoms with Gasteiger partial charge < -0.3 is 26.3 Å². The molecule has 11 rings (SSSR count). The number of alkyl halides is 6. The SMILES string of the molecule is CC(C)(C)C(=O)CCC1CNc2ccccc21.CC(C)(C)C(=O)CCc1c[nH]c2ccccc12.CC(C)(C)C(=O)Cc1c[nH]c2ccccc12.CC(C)(C)C(=O)Cc1ccccc1.CC(C)(C)C(=O)c1cccc([N+](=O)[O-])c1.CC(C)C(=O)Nc1ccc(Cl)c(C(F)(F)F)c1.CC(C)S(=O)(=O)c1cccc(C(F)(F)F)c1.Cc1cc(C)n(C(N)=NCCCC(=O)C(C)C)n1. The van der Waals surface area contributed by atoms with E-state index in [1.807, 2.05) is 190 Å². The number of Topliss-reactive ketones (excluding diaryl/α,β-unsaturated/α-hetero) is 6. The van der Waals surface area contributed by atoms with Crippen LogP contribution in [0.25, 0.3) is 21.8 Å². The third kappa shape index (κ3) is 36.7. The van der Waals surface area contributed by atoms with Gasteiger partial charge in [-0.3, -0.25) is 48.7 Å². The fraction of sp³-hybridized carbons (Fsp3) is 0.436. The number of non-ortho nitro benzene ring substituents is 1. The summed E-state index contributed by atoms with van der Waals surface area (Å²) in [7, 11) is -3.66. The summed E-state index contributed by atoms with van der Waals surface area (Å²) in [5.41, 5.74) is 13.1. The normalized spacial score (nSPS) is 12.8. The number of aliphatic imine (C=N–C) groups is 1. The number of halogens is 7. The molecular formula is C101H130ClF6N9O11S. The Morgan fingerprint density at radius 2 is 1.10 bits per heavy atom. The van der Waals surface area contributed by atoms with E-state index < -0.39 is 48.9 Å². The van der Waals surface area contributed by atoms with Crippen LogP contribution < -0.4 is 16.4 Å². The minimum atomic E-state index is -4.53. The number of nitrogens with two attached hydrogens (primary N) is 1. The molecule has 0 aliphatic carbocycles. The van der Waals surface area contributed by atoms with Crippen molar-refractivity contribution in [2.24, 2.45) is 49.6 Å². The number of ketones is 6. The van der Waals surface area contributed by atoms with Crippen molar-refractivity contribution in [2.45, 2.75) is 239 Å². The Bertz CT molecular complexity index is 5560. The number of carbonyl (C=O) groups excluding carboxylic acids is 7. The Balaban J connectivity index is 0.000000309. The van der Waals surface area contributed by atoms with Crippen LogP contribution in [0.1, 0.15) is 239 Å². The Morgan fingerprint density at radius 1 is 0.581 bits per heavy atom. The number of rotatable bonds is 21. The van der Waals surface area contributed by atoms with Crippen LogP contribution >= 0.6 is 11.6 Å². The summed E-state index contributed by atoms with van der Waals surface area (Å²) in [5.74, 6) is 1.76. The molecule has 20 nitrogen and oxygen atoms in total. The minimum Gasteiger partial charge on any atom is -0.384 e. The van der Waals surface area contributed by atoms with Gasteiger partial charge in [0, 0.05) is 159 Å². The number of aryl methyl sites for hydroxylation is 3. The van der Waals surface area contributed by atoms with Crippen molar-refractivity contribution >= 4 is 107 Å². The Labute approximate surface area is 761 Å². The van der Waals surface area contributed by atoms with E-state index in [2.05, 4.69) is 73.2 Å². The molecule has 0 saturated heterocycles. The molecule has 0 fully saturated rings. The monoisotopic (exact) mass is 1830 g/mol. The van der Waals surface area contributed by atoms with E-state index in [-0.39, 0.29) is 78.0 Å². The van der Waals surface area contributed by atoms with Gasteiger partial charge in [-0.25, -0.2) is 13.1 Å². The number of sulfone groups is 1. The zero-order valence-electron chi connectivity index (χ0n) is 78.7. The molecule has 6 N–H and O–H groups in total. The van der Waals surface area contributed by atoms with Crippen molar-refractivity contribution in [3.63, 3.8) is 0 Å².